The molecule has 2 aromatic carbocycles. The van der Waals surface area contributed by atoms with E-state index in [0.29, 0.717) is 53.9 Å². The van der Waals surface area contributed by atoms with E-state index in [4.69, 9.17) is 35.4 Å². The first kappa shape index (κ1) is 23.3. The Labute approximate surface area is 197 Å². The zero-order valence-corrected chi connectivity index (χ0v) is 19.7. The van der Waals surface area contributed by atoms with E-state index in [1.165, 1.54) is 0 Å². The van der Waals surface area contributed by atoms with Gasteiger partial charge in [-0.15, -0.1) is 0 Å². The Morgan fingerprint density at radius 1 is 1.06 bits per heavy atom. The van der Waals surface area contributed by atoms with Gasteiger partial charge in [0.05, 0.1) is 11.4 Å². The van der Waals surface area contributed by atoms with Crippen LogP contribution in [-0.4, -0.2) is 48.0 Å². The molecule has 0 aliphatic carbocycles. The standard InChI is InChI=1S/C22H24Cl2N4O2S/c1-3-20(29)28-10-8-27(9-11-28)19-7-6-16(23)13-18(19)25-22(31)26-21(30)15-5-4-14(2)17(24)12-15/h4-7,12-13H,3,8-11H2,1-2H3,(H2,25,26,30,31). The Bertz CT molecular complexity index is 1010. The van der Waals surface area contributed by atoms with Gasteiger partial charge in [0.25, 0.3) is 5.91 Å². The third kappa shape index (κ3) is 5.87. The van der Waals surface area contributed by atoms with Crippen molar-refractivity contribution in [2.75, 3.05) is 36.4 Å². The number of nitrogens with zero attached hydrogens (tertiary/aromatic N) is 2. The minimum Gasteiger partial charge on any atom is -0.366 e. The molecule has 1 aliphatic rings. The molecule has 3 rings (SSSR count). The molecule has 0 unspecified atom stereocenters. The maximum atomic E-state index is 12.5. The SMILES string of the molecule is CCC(=O)N1CCN(c2ccc(Cl)cc2NC(=S)NC(=O)c2ccc(C)c(Cl)c2)CC1. The van der Waals surface area contributed by atoms with Crippen LogP contribution in [0.5, 0.6) is 0 Å². The van der Waals surface area contributed by atoms with Crippen LogP contribution < -0.4 is 15.5 Å². The van der Waals surface area contributed by atoms with Crippen LogP contribution in [0.1, 0.15) is 29.3 Å². The third-order valence-corrected chi connectivity index (χ3v) is 5.99. The van der Waals surface area contributed by atoms with E-state index >= 15 is 0 Å². The average molecular weight is 479 g/mol. The topological polar surface area (TPSA) is 64.7 Å². The quantitative estimate of drug-likeness (QED) is 0.633. The number of hydrogen-bond donors (Lipinski definition) is 2. The van der Waals surface area contributed by atoms with Gasteiger partial charge in [-0.3, -0.25) is 14.9 Å². The summed E-state index contributed by atoms with van der Waals surface area (Å²) in [4.78, 5) is 28.5. The number of piperazine rings is 1. The van der Waals surface area contributed by atoms with Crippen molar-refractivity contribution in [2.24, 2.45) is 0 Å². The highest BCUT2D eigenvalue weighted by atomic mass is 35.5. The van der Waals surface area contributed by atoms with Gasteiger partial charge in [0.2, 0.25) is 5.91 Å². The maximum Gasteiger partial charge on any atom is 0.257 e. The largest absolute Gasteiger partial charge is 0.366 e. The van der Waals surface area contributed by atoms with E-state index in [1.807, 2.05) is 30.9 Å². The number of benzene rings is 2. The number of anilines is 2. The molecule has 2 aromatic rings. The summed E-state index contributed by atoms with van der Waals surface area (Å²) in [5.74, 6) is -0.191. The molecule has 6 nitrogen and oxygen atoms in total. The lowest BCUT2D eigenvalue weighted by atomic mass is 10.1. The van der Waals surface area contributed by atoms with Crippen molar-refractivity contribution in [2.45, 2.75) is 20.3 Å². The zero-order chi connectivity index (χ0) is 22.5. The second kappa shape index (κ2) is 10.3. The van der Waals surface area contributed by atoms with Crippen molar-refractivity contribution < 1.29 is 9.59 Å². The van der Waals surface area contributed by atoms with Gasteiger partial charge in [0.15, 0.2) is 5.11 Å². The van der Waals surface area contributed by atoms with Crippen LogP contribution in [0.4, 0.5) is 11.4 Å². The Kier molecular flexibility index (Phi) is 7.75. The molecule has 1 heterocycles. The molecule has 0 spiro atoms. The van der Waals surface area contributed by atoms with E-state index in [0.717, 1.165) is 11.3 Å². The molecule has 1 aliphatic heterocycles. The molecule has 31 heavy (non-hydrogen) atoms. The minimum absolute atomic E-state index is 0.157. The monoisotopic (exact) mass is 478 g/mol. The van der Waals surface area contributed by atoms with Crippen LogP contribution in [0.15, 0.2) is 36.4 Å². The van der Waals surface area contributed by atoms with Crippen molar-refractivity contribution in [3.8, 4) is 0 Å². The summed E-state index contributed by atoms with van der Waals surface area (Å²) in [5.41, 5.74) is 2.91. The third-order valence-electron chi connectivity index (χ3n) is 5.14. The number of amides is 2. The highest BCUT2D eigenvalue weighted by Gasteiger charge is 2.22. The molecule has 1 fully saturated rings. The fourth-order valence-corrected chi connectivity index (χ4v) is 3.92. The molecule has 9 heteroatoms. The number of carbonyl (C=O) groups is 2. The molecule has 0 bridgehead atoms. The summed E-state index contributed by atoms with van der Waals surface area (Å²) in [6.45, 7) is 6.45. The lowest BCUT2D eigenvalue weighted by molar-refractivity contribution is -0.131. The molecule has 0 atom stereocenters. The highest BCUT2D eigenvalue weighted by Crippen LogP contribution is 2.30. The number of aryl methyl sites for hydroxylation is 1. The molecule has 2 amide bonds. The van der Waals surface area contributed by atoms with Gasteiger partial charge in [0.1, 0.15) is 0 Å². The minimum atomic E-state index is -0.352. The lowest BCUT2D eigenvalue weighted by Gasteiger charge is -2.37. The van der Waals surface area contributed by atoms with Crippen molar-refractivity contribution >= 4 is 63.7 Å². The van der Waals surface area contributed by atoms with Crippen LogP contribution in [0.25, 0.3) is 0 Å². The Balaban J connectivity index is 1.69. The fraction of sp³-hybridized carbons (Fsp3) is 0.318. The van der Waals surface area contributed by atoms with E-state index in [-0.39, 0.29) is 16.9 Å². The zero-order valence-electron chi connectivity index (χ0n) is 17.4. The lowest BCUT2D eigenvalue weighted by Crippen LogP contribution is -2.48. The van der Waals surface area contributed by atoms with Gasteiger partial charge < -0.3 is 15.1 Å². The predicted molar refractivity (Wildman–Crippen MR) is 130 cm³/mol. The van der Waals surface area contributed by atoms with Gasteiger partial charge in [-0.1, -0.05) is 36.2 Å². The number of nitrogens with one attached hydrogen (secondary N) is 2. The molecule has 0 saturated carbocycles. The predicted octanol–water partition coefficient (Wildman–Crippen LogP) is 4.49. The summed E-state index contributed by atoms with van der Waals surface area (Å²) in [6.07, 6.45) is 0.508. The van der Waals surface area contributed by atoms with Crippen LogP contribution in [0.3, 0.4) is 0 Å². The number of rotatable bonds is 4. The van der Waals surface area contributed by atoms with Crippen molar-refractivity contribution in [3.63, 3.8) is 0 Å². The highest BCUT2D eigenvalue weighted by molar-refractivity contribution is 7.80. The number of hydrogen-bond acceptors (Lipinski definition) is 4. The van der Waals surface area contributed by atoms with Crippen LogP contribution >= 0.6 is 35.4 Å². The number of carbonyl (C=O) groups excluding carboxylic acids is 2. The molecule has 0 aromatic heterocycles. The number of thiocarbonyl (C=S) groups is 1. The summed E-state index contributed by atoms with van der Waals surface area (Å²) in [7, 11) is 0. The van der Waals surface area contributed by atoms with Crippen LogP contribution in [0, 0.1) is 6.92 Å². The molecule has 2 N–H and O–H groups in total. The van der Waals surface area contributed by atoms with E-state index in [2.05, 4.69) is 15.5 Å². The smallest absolute Gasteiger partial charge is 0.257 e. The Morgan fingerprint density at radius 3 is 2.42 bits per heavy atom. The summed E-state index contributed by atoms with van der Waals surface area (Å²) < 4.78 is 0. The van der Waals surface area contributed by atoms with Crippen LogP contribution in [0.2, 0.25) is 10.0 Å². The molecule has 1 saturated heterocycles. The van der Waals surface area contributed by atoms with E-state index in [9.17, 15) is 9.59 Å². The normalized spacial score (nSPS) is 13.7. The second-order valence-electron chi connectivity index (χ2n) is 7.26. The van der Waals surface area contributed by atoms with Crippen molar-refractivity contribution in [1.82, 2.24) is 10.2 Å². The van der Waals surface area contributed by atoms with Gasteiger partial charge in [0, 0.05) is 48.2 Å². The van der Waals surface area contributed by atoms with Gasteiger partial charge in [-0.25, -0.2) is 0 Å². The first-order valence-electron chi connectivity index (χ1n) is 9.99. The number of halogens is 2. The Morgan fingerprint density at radius 2 is 1.77 bits per heavy atom. The molecular weight excluding hydrogens is 455 g/mol. The summed E-state index contributed by atoms with van der Waals surface area (Å²) in [5, 5.41) is 6.98. The van der Waals surface area contributed by atoms with E-state index < -0.39 is 0 Å². The van der Waals surface area contributed by atoms with Gasteiger partial charge in [-0.2, -0.15) is 0 Å². The maximum absolute atomic E-state index is 12.5. The first-order chi connectivity index (χ1) is 14.8. The Hall–Kier alpha value is -2.35. The molecule has 164 valence electrons. The van der Waals surface area contributed by atoms with Crippen LogP contribution in [-0.2, 0) is 4.79 Å². The second-order valence-corrected chi connectivity index (χ2v) is 8.51. The summed E-state index contributed by atoms with van der Waals surface area (Å²) >= 11 is 17.7. The van der Waals surface area contributed by atoms with E-state index in [1.54, 1.807) is 24.3 Å². The summed E-state index contributed by atoms with van der Waals surface area (Å²) in [6, 6.07) is 10.6. The molecule has 0 radical (unpaired) electrons. The average Bonchev–Trinajstić information content (AvgIpc) is 2.75. The van der Waals surface area contributed by atoms with Gasteiger partial charge in [-0.05, 0) is 55.0 Å². The first-order valence-corrected chi connectivity index (χ1v) is 11.2. The molecular formula is C22H24Cl2N4O2S. The van der Waals surface area contributed by atoms with Crippen molar-refractivity contribution in [1.29, 1.82) is 0 Å². The van der Waals surface area contributed by atoms with Crippen molar-refractivity contribution in [3.05, 3.63) is 57.6 Å². The van der Waals surface area contributed by atoms with Gasteiger partial charge >= 0.3 is 0 Å². The fourth-order valence-electron chi connectivity index (χ4n) is 3.37.